The Kier molecular flexibility index (Phi) is 6.76. The standard InChI is InChI=1S/C20H22FN3O3S/c21-17-6-2-1-5-16(17)20(27)24-9-7-14(8-10-24)12-22-18(25)19(26)23-13-15-4-3-11-28-15/h1-6,11,14H,7-10,12-13H2,(H,22,25)(H,23,26). The maximum atomic E-state index is 13.8. The maximum Gasteiger partial charge on any atom is 0.309 e. The van der Waals surface area contributed by atoms with Gasteiger partial charge in [0.15, 0.2) is 0 Å². The van der Waals surface area contributed by atoms with Crippen molar-refractivity contribution in [1.29, 1.82) is 0 Å². The number of nitrogens with one attached hydrogen (secondary N) is 2. The second-order valence-electron chi connectivity index (χ2n) is 6.69. The van der Waals surface area contributed by atoms with Gasteiger partial charge >= 0.3 is 11.8 Å². The first kappa shape index (κ1) is 20.0. The minimum absolute atomic E-state index is 0.0802. The van der Waals surface area contributed by atoms with Gasteiger partial charge < -0.3 is 15.5 Å². The molecule has 2 aromatic rings. The molecule has 1 fully saturated rings. The lowest BCUT2D eigenvalue weighted by Gasteiger charge is -2.32. The highest BCUT2D eigenvalue weighted by Gasteiger charge is 2.25. The number of thiophene rings is 1. The molecule has 148 valence electrons. The summed E-state index contributed by atoms with van der Waals surface area (Å²) in [6.45, 7) is 1.71. The second-order valence-corrected chi connectivity index (χ2v) is 7.72. The van der Waals surface area contributed by atoms with E-state index in [0.717, 1.165) is 4.88 Å². The van der Waals surface area contributed by atoms with Crippen LogP contribution in [-0.4, -0.2) is 42.3 Å². The molecule has 0 aliphatic carbocycles. The number of nitrogens with zero attached hydrogens (tertiary/aromatic N) is 1. The molecule has 0 bridgehead atoms. The number of hydrogen-bond acceptors (Lipinski definition) is 4. The minimum Gasteiger partial charge on any atom is -0.348 e. The van der Waals surface area contributed by atoms with Crippen molar-refractivity contribution in [3.05, 3.63) is 58.0 Å². The van der Waals surface area contributed by atoms with Crippen molar-refractivity contribution in [3.63, 3.8) is 0 Å². The number of piperidine rings is 1. The molecule has 0 unspecified atom stereocenters. The summed E-state index contributed by atoms with van der Waals surface area (Å²) >= 11 is 1.51. The van der Waals surface area contributed by atoms with Crippen LogP contribution < -0.4 is 10.6 Å². The fourth-order valence-electron chi connectivity index (χ4n) is 3.12. The Hall–Kier alpha value is -2.74. The van der Waals surface area contributed by atoms with E-state index in [4.69, 9.17) is 0 Å². The number of halogens is 1. The van der Waals surface area contributed by atoms with Crippen LogP contribution in [0.2, 0.25) is 0 Å². The van der Waals surface area contributed by atoms with Crippen molar-refractivity contribution < 1.29 is 18.8 Å². The first-order valence-electron chi connectivity index (χ1n) is 9.17. The van der Waals surface area contributed by atoms with Gasteiger partial charge in [-0.2, -0.15) is 0 Å². The summed E-state index contributed by atoms with van der Waals surface area (Å²) in [4.78, 5) is 38.8. The molecule has 3 amide bonds. The highest BCUT2D eigenvalue weighted by molar-refractivity contribution is 7.09. The zero-order valence-corrected chi connectivity index (χ0v) is 16.1. The van der Waals surface area contributed by atoms with E-state index in [1.54, 1.807) is 17.0 Å². The molecule has 1 aromatic heterocycles. The Bertz CT molecular complexity index is 833. The van der Waals surface area contributed by atoms with Gasteiger partial charge in [-0.3, -0.25) is 14.4 Å². The Morgan fingerprint density at radius 1 is 1.04 bits per heavy atom. The molecule has 6 nitrogen and oxygen atoms in total. The van der Waals surface area contributed by atoms with Crippen LogP contribution in [0.4, 0.5) is 4.39 Å². The fraction of sp³-hybridized carbons (Fsp3) is 0.350. The number of likely N-dealkylation sites (tertiary alicyclic amines) is 1. The number of hydrogen-bond donors (Lipinski definition) is 2. The van der Waals surface area contributed by atoms with E-state index in [2.05, 4.69) is 10.6 Å². The first-order valence-corrected chi connectivity index (χ1v) is 10.0. The number of carbonyl (C=O) groups excluding carboxylic acids is 3. The molecule has 0 spiro atoms. The van der Waals surface area contributed by atoms with Gasteiger partial charge in [0.2, 0.25) is 0 Å². The monoisotopic (exact) mass is 403 g/mol. The molecule has 3 rings (SSSR count). The van der Waals surface area contributed by atoms with Crippen molar-refractivity contribution in [2.24, 2.45) is 5.92 Å². The lowest BCUT2D eigenvalue weighted by Crippen LogP contribution is -2.44. The van der Waals surface area contributed by atoms with Gasteiger partial charge in [0.1, 0.15) is 5.82 Å². The third-order valence-electron chi connectivity index (χ3n) is 4.77. The summed E-state index contributed by atoms with van der Waals surface area (Å²) < 4.78 is 13.8. The van der Waals surface area contributed by atoms with Gasteiger partial charge in [-0.25, -0.2) is 4.39 Å². The van der Waals surface area contributed by atoms with Crippen LogP contribution in [-0.2, 0) is 16.1 Å². The normalized spacial score (nSPS) is 14.5. The summed E-state index contributed by atoms with van der Waals surface area (Å²) in [5.41, 5.74) is 0.0802. The molecule has 1 aromatic carbocycles. The highest BCUT2D eigenvalue weighted by atomic mass is 32.1. The third kappa shape index (κ3) is 5.16. The molecule has 2 N–H and O–H groups in total. The predicted molar refractivity (Wildman–Crippen MR) is 104 cm³/mol. The lowest BCUT2D eigenvalue weighted by atomic mass is 9.96. The van der Waals surface area contributed by atoms with E-state index in [1.165, 1.54) is 23.5 Å². The van der Waals surface area contributed by atoms with Crippen LogP contribution in [0.15, 0.2) is 41.8 Å². The molecule has 28 heavy (non-hydrogen) atoms. The highest BCUT2D eigenvalue weighted by Crippen LogP contribution is 2.19. The Balaban J connectivity index is 1.39. The number of amides is 3. The van der Waals surface area contributed by atoms with Gasteiger partial charge in [-0.05, 0) is 42.3 Å². The van der Waals surface area contributed by atoms with Crippen LogP contribution in [0.3, 0.4) is 0 Å². The topological polar surface area (TPSA) is 78.5 Å². The first-order chi connectivity index (χ1) is 13.5. The fourth-order valence-corrected chi connectivity index (χ4v) is 3.77. The van der Waals surface area contributed by atoms with Gasteiger partial charge in [-0.1, -0.05) is 18.2 Å². The van der Waals surface area contributed by atoms with E-state index < -0.39 is 17.6 Å². The Labute approximate surface area is 166 Å². The Morgan fingerprint density at radius 2 is 1.75 bits per heavy atom. The number of carbonyl (C=O) groups is 3. The third-order valence-corrected chi connectivity index (χ3v) is 5.64. The largest absolute Gasteiger partial charge is 0.348 e. The maximum absolute atomic E-state index is 13.8. The van der Waals surface area contributed by atoms with E-state index >= 15 is 0 Å². The van der Waals surface area contributed by atoms with Crippen molar-refractivity contribution in [3.8, 4) is 0 Å². The van der Waals surface area contributed by atoms with Gasteiger partial charge in [0.05, 0.1) is 12.1 Å². The SMILES string of the molecule is O=C(NCc1cccs1)C(=O)NCC1CCN(C(=O)c2ccccc2F)CC1. The quantitative estimate of drug-likeness (QED) is 0.751. The molecule has 1 saturated heterocycles. The molecule has 1 aliphatic rings. The van der Waals surface area contributed by atoms with Gasteiger partial charge in [0.25, 0.3) is 5.91 Å². The minimum atomic E-state index is -0.652. The van der Waals surface area contributed by atoms with Crippen LogP contribution in [0, 0.1) is 11.7 Å². The summed E-state index contributed by atoms with van der Waals surface area (Å²) in [5.74, 6) is -1.95. The lowest BCUT2D eigenvalue weighted by molar-refractivity contribution is -0.139. The second kappa shape index (κ2) is 9.45. The molecule has 1 aliphatic heterocycles. The summed E-state index contributed by atoms with van der Waals surface area (Å²) in [6.07, 6.45) is 1.38. The summed E-state index contributed by atoms with van der Waals surface area (Å²) in [5, 5.41) is 7.15. The van der Waals surface area contributed by atoms with Gasteiger partial charge in [-0.15, -0.1) is 11.3 Å². The summed E-state index contributed by atoms with van der Waals surface area (Å²) in [7, 11) is 0. The molecular weight excluding hydrogens is 381 g/mol. The smallest absolute Gasteiger partial charge is 0.309 e. The Morgan fingerprint density at radius 3 is 2.43 bits per heavy atom. The van der Waals surface area contributed by atoms with Crippen LogP contribution in [0.1, 0.15) is 28.1 Å². The average molecular weight is 403 g/mol. The zero-order chi connectivity index (χ0) is 19.9. The molecule has 0 saturated carbocycles. The zero-order valence-electron chi connectivity index (χ0n) is 15.3. The molecule has 0 atom stereocenters. The van der Waals surface area contributed by atoms with E-state index in [0.29, 0.717) is 39.0 Å². The van der Waals surface area contributed by atoms with Gasteiger partial charge in [0, 0.05) is 24.5 Å². The van der Waals surface area contributed by atoms with Crippen molar-refractivity contribution in [2.75, 3.05) is 19.6 Å². The van der Waals surface area contributed by atoms with E-state index in [-0.39, 0.29) is 17.4 Å². The van der Waals surface area contributed by atoms with Crippen LogP contribution in [0.25, 0.3) is 0 Å². The van der Waals surface area contributed by atoms with Crippen molar-refractivity contribution in [2.45, 2.75) is 19.4 Å². The molecular formula is C20H22FN3O3S. The predicted octanol–water partition coefficient (Wildman–Crippen LogP) is 2.17. The van der Waals surface area contributed by atoms with E-state index in [9.17, 15) is 18.8 Å². The van der Waals surface area contributed by atoms with Crippen molar-refractivity contribution in [1.82, 2.24) is 15.5 Å². The van der Waals surface area contributed by atoms with E-state index in [1.807, 2.05) is 17.5 Å². The van der Waals surface area contributed by atoms with Crippen LogP contribution in [0.5, 0.6) is 0 Å². The van der Waals surface area contributed by atoms with Crippen molar-refractivity contribution >= 4 is 29.1 Å². The molecule has 0 radical (unpaired) electrons. The number of benzene rings is 1. The molecule has 8 heteroatoms. The van der Waals surface area contributed by atoms with Crippen LogP contribution >= 0.6 is 11.3 Å². The molecule has 2 heterocycles. The summed E-state index contributed by atoms with van der Waals surface area (Å²) in [6, 6.07) is 9.73. The average Bonchev–Trinajstić information content (AvgIpc) is 3.24. The number of rotatable bonds is 5.